The molecule has 7 nitrogen and oxygen atoms in total. The zero-order chi connectivity index (χ0) is 17.4. The highest BCUT2D eigenvalue weighted by molar-refractivity contribution is 6.29. The average Bonchev–Trinajstić information content (AvgIpc) is 3.01. The lowest BCUT2D eigenvalue weighted by Crippen LogP contribution is -2.35. The van der Waals surface area contributed by atoms with Crippen LogP contribution >= 0.6 is 11.6 Å². The second-order valence-corrected chi connectivity index (χ2v) is 6.12. The number of rotatable bonds is 3. The van der Waals surface area contributed by atoms with Gasteiger partial charge in [0.25, 0.3) is 5.91 Å². The predicted molar refractivity (Wildman–Crippen MR) is 94.3 cm³/mol. The second-order valence-electron chi connectivity index (χ2n) is 5.73. The summed E-state index contributed by atoms with van der Waals surface area (Å²) < 4.78 is 2.05. The molecule has 0 saturated carbocycles. The molecular weight excluding hydrogens is 340 g/mol. The van der Waals surface area contributed by atoms with Crippen LogP contribution in [-0.2, 0) is 13.1 Å². The highest BCUT2D eigenvalue weighted by Crippen LogP contribution is 2.28. The molecule has 0 spiro atoms. The van der Waals surface area contributed by atoms with Crippen molar-refractivity contribution in [1.29, 1.82) is 0 Å². The Morgan fingerprint density at radius 2 is 1.92 bits per heavy atom. The Bertz CT molecular complexity index is 940. The molecule has 4 rings (SSSR count). The number of amides is 1. The highest BCUT2D eigenvalue weighted by atomic mass is 35.5. The molecule has 126 valence electrons. The fourth-order valence-corrected chi connectivity index (χ4v) is 3.20. The fraction of sp³-hybridized carbons (Fsp3) is 0.176. The molecular formula is C17H15ClN6O. The van der Waals surface area contributed by atoms with Gasteiger partial charge < -0.3 is 15.2 Å². The monoisotopic (exact) mass is 354 g/mol. The molecule has 1 aromatic carbocycles. The maximum absolute atomic E-state index is 11.9. The van der Waals surface area contributed by atoms with E-state index in [0.717, 1.165) is 17.1 Å². The molecule has 25 heavy (non-hydrogen) atoms. The van der Waals surface area contributed by atoms with Crippen LogP contribution in [0, 0.1) is 0 Å². The summed E-state index contributed by atoms with van der Waals surface area (Å²) in [6, 6.07) is 9.76. The highest BCUT2D eigenvalue weighted by Gasteiger charge is 2.27. The number of fused-ring (bicyclic) bond motifs is 1. The van der Waals surface area contributed by atoms with E-state index in [1.807, 2.05) is 39.8 Å². The number of hydrogen-bond acceptors (Lipinski definition) is 5. The van der Waals surface area contributed by atoms with Crippen LogP contribution in [0.3, 0.4) is 0 Å². The fourth-order valence-electron chi connectivity index (χ4n) is 3.05. The third-order valence-electron chi connectivity index (χ3n) is 4.19. The standard InChI is InChI=1S/C17H15ClN6O/c18-13-8-20-9-14(21-13)23-6-7-24-12(10-23)15(16(19)25)22-17(24)11-4-2-1-3-5-11/h1-5,8-9H,6-7,10H2,(H2,19,25). The van der Waals surface area contributed by atoms with Crippen molar-refractivity contribution in [3.8, 4) is 11.4 Å². The summed E-state index contributed by atoms with van der Waals surface area (Å²) in [6.07, 6.45) is 3.14. The number of aromatic nitrogens is 4. The third-order valence-corrected chi connectivity index (χ3v) is 4.37. The van der Waals surface area contributed by atoms with Crippen molar-refractivity contribution in [2.24, 2.45) is 5.73 Å². The normalized spacial score (nSPS) is 13.6. The zero-order valence-electron chi connectivity index (χ0n) is 13.3. The lowest BCUT2D eigenvalue weighted by molar-refractivity contribution is 0.0994. The van der Waals surface area contributed by atoms with Gasteiger partial charge in [0.1, 0.15) is 16.8 Å². The number of halogens is 1. The maximum Gasteiger partial charge on any atom is 0.269 e. The first-order valence-electron chi connectivity index (χ1n) is 7.80. The smallest absolute Gasteiger partial charge is 0.269 e. The van der Waals surface area contributed by atoms with E-state index in [0.29, 0.717) is 36.3 Å². The quantitative estimate of drug-likeness (QED) is 0.778. The SMILES string of the molecule is NC(=O)c1nc(-c2ccccc2)n2c1CN(c1cncc(Cl)n1)CC2. The van der Waals surface area contributed by atoms with Gasteiger partial charge in [-0.3, -0.25) is 9.78 Å². The van der Waals surface area contributed by atoms with Gasteiger partial charge in [0.15, 0.2) is 5.69 Å². The summed E-state index contributed by atoms with van der Waals surface area (Å²) in [5, 5.41) is 0.330. The first-order valence-corrected chi connectivity index (χ1v) is 8.18. The van der Waals surface area contributed by atoms with Crippen LogP contribution in [-0.4, -0.2) is 32.0 Å². The number of primary amides is 1. The Kier molecular flexibility index (Phi) is 3.85. The summed E-state index contributed by atoms with van der Waals surface area (Å²) in [6.45, 7) is 1.83. The molecule has 2 N–H and O–H groups in total. The lowest BCUT2D eigenvalue weighted by atomic mass is 10.2. The van der Waals surface area contributed by atoms with Gasteiger partial charge in [0, 0.05) is 18.7 Å². The molecule has 1 aliphatic rings. The molecule has 0 radical (unpaired) electrons. The van der Waals surface area contributed by atoms with Gasteiger partial charge in [-0.1, -0.05) is 41.9 Å². The van der Waals surface area contributed by atoms with Crippen molar-refractivity contribution < 1.29 is 4.79 Å². The molecule has 0 unspecified atom stereocenters. The van der Waals surface area contributed by atoms with E-state index in [1.165, 1.54) is 6.20 Å². The van der Waals surface area contributed by atoms with E-state index < -0.39 is 5.91 Å². The van der Waals surface area contributed by atoms with Crippen LogP contribution in [0.5, 0.6) is 0 Å². The van der Waals surface area contributed by atoms with E-state index in [2.05, 4.69) is 15.0 Å². The average molecular weight is 355 g/mol. The second kappa shape index (κ2) is 6.18. The summed E-state index contributed by atoms with van der Waals surface area (Å²) in [4.78, 5) is 26.8. The summed E-state index contributed by atoms with van der Waals surface area (Å²) >= 11 is 5.94. The molecule has 0 saturated heterocycles. The largest absolute Gasteiger partial charge is 0.364 e. The number of carbonyl (C=O) groups is 1. The Hall–Kier alpha value is -2.93. The zero-order valence-corrected chi connectivity index (χ0v) is 14.0. The van der Waals surface area contributed by atoms with Crippen LogP contribution in [0.4, 0.5) is 5.82 Å². The van der Waals surface area contributed by atoms with Gasteiger partial charge in [0.2, 0.25) is 0 Å². The maximum atomic E-state index is 11.9. The number of carbonyl (C=O) groups excluding carboxylic acids is 1. The molecule has 0 aliphatic carbocycles. The van der Waals surface area contributed by atoms with Crippen LogP contribution < -0.4 is 10.6 Å². The van der Waals surface area contributed by atoms with Crippen molar-refractivity contribution in [3.05, 3.63) is 59.3 Å². The number of hydrogen-bond donors (Lipinski definition) is 1. The van der Waals surface area contributed by atoms with Crippen LogP contribution in [0.2, 0.25) is 5.15 Å². The van der Waals surface area contributed by atoms with Crippen LogP contribution in [0.15, 0.2) is 42.7 Å². The minimum absolute atomic E-state index is 0.290. The summed E-state index contributed by atoms with van der Waals surface area (Å²) in [5.41, 5.74) is 7.57. The topological polar surface area (TPSA) is 89.9 Å². The molecule has 3 heterocycles. The first-order chi connectivity index (χ1) is 12.1. The first kappa shape index (κ1) is 15.6. The predicted octanol–water partition coefficient (Wildman–Crippen LogP) is 2.11. The third kappa shape index (κ3) is 2.83. The molecule has 1 aliphatic heterocycles. The van der Waals surface area contributed by atoms with Gasteiger partial charge in [-0.25, -0.2) is 9.97 Å². The molecule has 8 heteroatoms. The van der Waals surface area contributed by atoms with E-state index in [1.54, 1.807) is 6.20 Å². The van der Waals surface area contributed by atoms with Crippen LogP contribution in [0.1, 0.15) is 16.2 Å². The minimum Gasteiger partial charge on any atom is -0.364 e. The van der Waals surface area contributed by atoms with Crippen molar-refractivity contribution in [3.63, 3.8) is 0 Å². The Labute approximate surface area is 149 Å². The molecule has 0 bridgehead atoms. The van der Waals surface area contributed by atoms with Gasteiger partial charge >= 0.3 is 0 Å². The van der Waals surface area contributed by atoms with Gasteiger partial charge in [-0.05, 0) is 0 Å². The van der Waals surface area contributed by atoms with Gasteiger partial charge in [0.05, 0.1) is 24.6 Å². The van der Waals surface area contributed by atoms with E-state index in [-0.39, 0.29) is 0 Å². The van der Waals surface area contributed by atoms with Crippen molar-refractivity contribution >= 4 is 23.3 Å². The molecule has 0 fully saturated rings. The number of imidazole rings is 1. The van der Waals surface area contributed by atoms with E-state index in [4.69, 9.17) is 17.3 Å². The number of anilines is 1. The van der Waals surface area contributed by atoms with E-state index in [9.17, 15) is 4.79 Å². The van der Waals surface area contributed by atoms with Crippen molar-refractivity contribution in [1.82, 2.24) is 19.5 Å². The molecule has 2 aromatic heterocycles. The van der Waals surface area contributed by atoms with Gasteiger partial charge in [-0.2, -0.15) is 0 Å². The minimum atomic E-state index is -0.537. The molecule has 3 aromatic rings. The van der Waals surface area contributed by atoms with Crippen molar-refractivity contribution in [2.75, 3.05) is 11.4 Å². The number of benzene rings is 1. The number of nitrogens with zero attached hydrogens (tertiary/aromatic N) is 5. The van der Waals surface area contributed by atoms with Crippen molar-refractivity contribution in [2.45, 2.75) is 13.1 Å². The van der Waals surface area contributed by atoms with Gasteiger partial charge in [-0.15, -0.1) is 0 Å². The summed E-state index contributed by atoms with van der Waals surface area (Å²) in [5.74, 6) is 0.878. The lowest BCUT2D eigenvalue weighted by Gasteiger charge is -2.30. The molecule has 1 amide bonds. The Morgan fingerprint density at radius 1 is 1.12 bits per heavy atom. The van der Waals surface area contributed by atoms with E-state index >= 15 is 0 Å². The van der Waals surface area contributed by atoms with Crippen LogP contribution in [0.25, 0.3) is 11.4 Å². The molecule has 0 atom stereocenters. The number of nitrogens with two attached hydrogens (primary N) is 1. The Balaban J connectivity index is 1.77. The Morgan fingerprint density at radius 3 is 2.64 bits per heavy atom. The summed E-state index contributed by atoms with van der Waals surface area (Å²) in [7, 11) is 0.